The summed E-state index contributed by atoms with van der Waals surface area (Å²) >= 11 is 5.04. The molecular formula is C9H10N6OS. The zero-order valence-electron chi connectivity index (χ0n) is 8.75. The minimum Gasteiger partial charge on any atom is -0.293 e. The van der Waals surface area contributed by atoms with E-state index in [1.165, 1.54) is 4.57 Å². The van der Waals surface area contributed by atoms with Gasteiger partial charge in [-0.1, -0.05) is 6.07 Å². The molecule has 0 aromatic carbocycles. The number of amides is 1. The molecule has 2 aromatic heterocycles. The molecule has 0 aliphatic carbocycles. The lowest BCUT2D eigenvalue weighted by Crippen LogP contribution is -2.33. The minimum absolute atomic E-state index is 0.00224. The predicted octanol–water partition coefficient (Wildman–Crippen LogP) is -0.00741. The number of nitrogens with one attached hydrogen (secondary N) is 2. The fraction of sp³-hybridized carbons (Fsp3) is 0.111. The molecule has 0 saturated carbocycles. The number of carbonyl (C=O) groups excluding carboxylic acids is 1. The average Bonchev–Trinajstić information content (AvgIpc) is 2.72. The Hall–Kier alpha value is -2.06. The summed E-state index contributed by atoms with van der Waals surface area (Å²) in [5, 5.41) is 6.66. The maximum absolute atomic E-state index is 11.2. The van der Waals surface area contributed by atoms with Crippen LogP contribution >= 0.6 is 12.2 Å². The van der Waals surface area contributed by atoms with Crippen LogP contribution in [0, 0.1) is 4.77 Å². The van der Waals surface area contributed by atoms with E-state index in [1.54, 1.807) is 18.3 Å². The van der Waals surface area contributed by atoms with Gasteiger partial charge in [0, 0.05) is 6.20 Å². The second-order valence-corrected chi connectivity index (χ2v) is 3.61. The fourth-order valence-corrected chi connectivity index (χ4v) is 1.54. The molecule has 0 radical (unpaired) electrons. The van der Waals surface area contributed by atoms with Crippen molar-refractivity contribution in [3.63, 3.8) is 0 Å². The van der Waals surface area contributed by atoms with Gasteiger partial charge in [-0.25, -0.2) is 5.84 Å². The van der Waals surface area contributed by atoms with E-state index in [2.05, 4.69) is 15.2 Å². The van der Waals surface area contributed by atoms with Gasteiger partial charge in [-0.15, -0.1) is 0 Å². The van der Waals surface area contributed by atoms with Crippen molar-refractivity contribution < 1.29 is 4.79 Å². The summed E-state index contributed by atoms with van der Waals surface area (Å²) in [5.74, 6) is 5.17. The predicted molar refractivity (Wildman–Crippen MR) is 63.0 cm³/mol. The molecule has 0 fully saturated rings. The van der Waals surface area contributed by atoms with Crippen molar-refractivity contribution in [2.75, 3.05) is 0 Å². The van der Waals surface area contributed by atoms with Crippen molar-refractivity contribution in [1.82, 2.24) is 25.2 Å². The molecule has 2 rings (SSSR count). The maximum atomic E-state index is 11.2. The number of rotatable bonds is 3. The molecule has 0 aliphatic rings. The van der Waals surface area contributed by atoms with Gasteiger partial charge >= 0.3 is 0 Å². The third kappa shape index (κ3) is 2.37. The normalized spacial score (nSPS) is 10.2. The SMILES string of the molecule is NNC(=O)Cn1c(-c2ccccn2)n[nH]c1=S. The van der Waals surface area contributed by atoms with Crippen molar-refractivity contribution >= 4 is 18.1 Å². The summed E-state index contributed by atoms with van der Waals surface area (Å²) in [5.41, 5.74) is 2.67. The molecule has 1 amide bonds. The Labute approximate surface area is 102 Å². The molecule has 0 saturated heterocycles. The fourth-order valence-electron chi connectivity index (χ4n) is 1.34. The number of hydrazine groups is 1. The zero-order chi connectivity index (χ0) is 12.3. The van der Waals surface area contributed by atoms with Gasteiger partial charge in [0.1, 0.15) is 12.2 Å². The molecule has 0 aliphatic heterocycles. The number of nitrogens with zero attached hydrogens (tertiary/aromatic N) is 3. The first-order chi connectivity index (χ1) is 8.22. The number of nitrogens with two attached hydrogens (primary N) is 1. The van der Waals surface area contributed by atoms with Crippen molar-refractivity contribution in [2.24, 2.45) is 5.84 Å². The summed E-state index contributed by atoms with van der Waals surface area (Å²) in [6.07, 6.45) is 1.64. The minimum atomic E-state index is -0.361. The molecule has 0 bridgehead atoms. The van der Waals surface area contributed by atoms with E-state index in [0.29, 0.717) is 16.3 Å². The van der Waals surface area contributed by atoms with E-state index in [0.717, 1.165) is 0 Å². The number of aromatic amines is 1. The molecule has 0 spiro atoms. The van der Waals surface area contributed by atoms with Gasteiger partial charge < -0.3 is 0 Å². The van der Waals surface area contributed by atoms with Crippen LogP contribution in [0.2, 0.25) is 0 Å². The van der Waals surface area contributed by atoms with E-state index in [-0.39, 0.29) is 12.5 Å². The van der Waals surface area contributed by atoms with Crippen LogP contribution in [0.4, 0.5) is 0 Å². The zero-order valence-corrected chi connectivity index (χ0v) is 9.57. The molecule has 88 valence electrons. The standard InChI is InChI=1S/C9H10N6OS/c10-12-7(16)5-15-8(13-14-9(15)17)6-3-1-2-4-11-6/h1-4H,5,10H2,(H,12,16)(H,14,17). The average molecular weight is 250 g/mol. The van der Waals surface area contributed by atoms with Crippen LogP contribution in [-0.2, 0) is 11.3 Å². The first kappa shape index (κ1) is 11.4. The van der Waals surface area contributed by atoms with Crippen molar-refractivity contribution in [2.45, 2.75) is 6.54 Å². The molecule has 2 aromatic rings. The highest BCUT2D eigenvalue weighted by molar-refractivity contribution is 7.71. The van der Waals surface area contributed by atoms with Crippen molar-refractivity contribution in [3.8, 4) is 11.5 Å². The lowest BCUT2D eigenvalue weighted by Gasteiger charge is -2.04. The topological polar surface area (TPSA) is 102 Å². The lowest BCUT2D eigenvalue weighted by atomic mass is 10.3. The van der Waals surface area contributed by atoms with Crippen LogP contribution in [0.3, 0.4) is 0 Å². The summed E-state index contributed by atoms with van der Waals surface area (Å²) in [4.78, 5) is 15.4. The summed E-state index contributed by atoms with van der Waals surface area (Å²) in [7, 11) is 0. The van der Waals surface area contributed by atoms with Crippen LogP contribution in [0.5, 0.6) is 0 Å². The van der Waals surface area contributed by atoms with Gasteiger partial charge in [0.15, 0.2) is 10.6 Å². The molecule has 0 unspecified atom stereocenters. The molecule has 7 nitrogen and oxygen atoms in total. The van der Waals surface area contributed by atoms with E-state index in [4.69, 9.17) is 18.1 Å². The Morgan fingerprint density at radius 1 is 1.59 bits per heavy atom. The van der Waals surface area contributed by atoms with Crippen LogP contribution in [-0.4, -0.2) is 25.7 Å². The highest BCUT2D eigenvalue weighted by atomic mass is 32.1. The summed E-state index contributed by atoms with van der Waals surface area (Å²) in [6, 6.07) is 5.40. The highest BCUT2D eigenvalue weighted by Gasteiger charge is 2.11. The van der Waals surface area contributed by atoms with E-state index < -0.39 is 0 Å². The second-order valence-electron chi connectivity index (χ2n) is 3.22. The van der Waals surface area contributed by atoms with Crippen molar-refractivity contribution in [1.29, 1.82) is 0 Å². The van der Waals surface area contributed by atoms with Gasteiger partial charge in [0.2, 0.25) is 0 Å². The number of carbonyl (C=O) groups is 1. The molecule has 0 atom stereocenters. The lowest BCUT2D eigenvalue weighted by molar-refractivity contribution is -0.121. The Bertz CT molecular complexity index is 575. The van der Waals surface area contributed by atoms with E-state index >= 15 is 0 Å². The summed E-state index contributed by atoms with van der Waals surface area (Å²) < 4.78 is 1.87. The first-order valence-corrected chi connectivity index (χ1v) is 5.19. The van der Waals surface area contributed by atoms with Crippen LogP contribution in [0.25, 0.3) is 11.5 Å². The monoisotopic (exact) mass is 250 g/mol. The molecular weight excluding hydrogens is 240 g/mol. The largest absolute Gasteiger partial charge is 0.293 e. The van der Waals surface area contributed by atoms with Gasteiger partial charge in [0.25, 0.3) is 5.91 Å². The van der Waals surface area contributed by atoms with Crippen LogP contribution in [0.15, 0.2) is 24.4 Å². The maximum Gasteiger partial charge on any atom is 0.253 e. The van der Waals surface area contributed by atoms with Gasteiger partial charge in [-0.05, 0) is 24.4 Å². The Kier molecular flexibility index (Phi) is 3.26. The number of hydrogen-bond donors (Lipinski definition) is 3. The Morgan fingerprint density at radius 3 is 3.06 bits per heavy atom. The number of aromatic nitrogens is 4. The smallest absolute Gasteiger partial charge is 0.253 e. The van der Waals surface area contributed by atoms with Gasteiger partial charge in [-0.3, -0.25) is 24.9 Å². The molecule has 17 heavy (non-hydrogen) atoms. The van der Waals surface area contributed by atoms with E-state index in [1.807, 2.05) is 11.5 Å². The highest BCUT2D eigenvalue weighted by Crippen LogP contribution is 2.13. The number of H-pyrrole nitrogens is 1. The third-order valence-corrected chi connectivity index (χ3v) is 2.43. The number of hydrogen-bond acceptors (Lipinski definition) is 5. The number of pyridine rings is 1. The van der Waals surface area contributed by atoms with Crippen molar-refractivity contribution in [3.05, 3.63) is 29.2 Å². The van der Waals surface area contributed by atoms with Crippen LogP contribution in [0.1, 0.15) is 0 Å². The van der Waals surface area contributed by atoms with Crippen LogP contribution < -0.4 is 11.3 Å². The van der Waals surface area contributed by atoms with E-state index in [9.17, 15) is 4.79 Å². The molecule has 4 N–H and O–H groups in total. The summed E-state index contributed by atoms with van der Waals surface area (Å²) in [6.45, 7) is -0.00224. The van der Waals surface area contributed by atoms with Gasteiger partial charge in [0.05, 0.1) is 0 Å². The van der Waals surface area contributed by atoms with Gasteiger partial charge in [-0.2, -0.15) is 5.10 Å². The third-order valence-electron chi connectivity index (χ3n) is 2.11. The molecule has 2 heterocycles. The first-order valence-electron chi connectivity index (χ1n) is 4.78. The Balaban J connectivity index is 2.43. The second kappa shape index (κ2) is 4.85. The Morgan fingerprint density at radius 2 is 2.41 bits per heavy atom. The molecule has 8 heteroatoms. The quantitative estimate of drug-likeness (QED) is 0.308.